The molecule has 2 atom stereocenters. The Morgan fingerprint density at radius 1 is 1.25 bits per heavy atom. The zero-order valence-corrected chi connectivity index (χ0v) is 12.7. The summed E-state index contributed by atoms with van der Waals surface area (Å²) in [6, 6.07) is 10.5. The van der Waals surface area contributed by atoms with Crippen molar-refractivity contribution in [3.05, 3.63) is 35.9 Å². The number of hydrogen-bond acceptors (Lipinski definition) is 3. The van der Waals surface area contributed by atoms with Crippen LogP contribution in [0.5, 0.6) is 0 Å². The van der Waals surface area contributed by atoms with Gasteiger partial charge in [0, 0.05) is 26.1 Å². The van der Waals surface area contributed by atoms with Crippen LogP contribution in [0, 0.1) is 0 Å². The quantitative estimate of drug-likeness (QED) is 0.903. The second-order valence-corrected chi connectivity index (χ2v) is 6.33. The highest BCUT2D eigenvalue weighted by molar-refractivity contribution is 5.68. The highest BCUT2D eigenvalue weighted by atomic mass is 16.6. The van der Waals surface area contributed by atoms with Crippen molar-refractivity contribution in [1.82, 2.24) is 10.2 Å². The summed E-state index contributed by atoms with van der Waals surface area (Å²) in [5, 5.41) is 3.37. The molecule has 1 heterocycles. The zero-order valence-electron chi connectivity index (χ0n) is 12.7. The molecule has 1 fully saturated rings. The topological polar surface area (TPSA) is 41.6 Å². The zero-order chi connectivity index (χ0) is 14.8. The van der Waals surface area contributed by atoms with E-state index >= 15 is 0 Å². The molecular weight excluding hydrogens is 252 g/mol. The van der Waals surface area contributed by atoms with Crippen molar-refractivity contribution in [1.29, 1.82) is 0 Å². The van der Waals surface area contributed by atoms with Gasteiger partial charge in [-0.1, -0.05) is 30.3 Å². The largest absolute Gasteiger partial charge is 0.444 e. The molecule has 1 aliphatic heterocycles. The maximum Gasteiger partial charge on any atom is 0.410 e. The summed E-state index contributed by atoms with van der Waals surface area (Å²) < 4.78 is 5.46. The van der Waals surface area contributed by atoms with Gasteiger partial charge in [-0.25, -0.2) is 4.79 Å². The fraction of sp³-hybridized carbons (Fsp3) is 0.562. The van der Waals surface area contributed by atoms with E-state index < -0.39 is 5.60 Å². The van der Waals surface area contributed by atoms with Crippen molar-refractivity contribution in [3.63, 3.8) is 0 Å². The van der Waals surface area contributed by atoms with E-state index in [4.69, 9.17) is 4.74 Å². The van der Waals surface area contributed by atoms with Gasteiger partial charge in [-0.3, -0.25) is 0 Å². The van der Waals surface area contributed by atoms with E-state index in [1.807, 2.05) is 46.0 Å². The minimum absolute atomic E-state index is 0.132. The maximum absolute atomic E-state index is 12.2. The van der Waals surface area contributed by atoms with E-state index in [2.05, 4.69) is 17.4 Å². The lowest BCUT2D eigenvalue weighted by atomic mass is 9.94. The van der Waals surface area contributed by atoms with Crippen LogP contribution in [0.4, 0.5) is 4.79 Å². The first-order valence-electron chi connectivity index (χ1n) is 7.10. The molecule has 1 aliphatic rings. The predicted octanol–water partition coefficient (Wildman–Crippen LogP) is 2.61. The molecule has 2 rings (SSSR count). The third kappa shape index (κ3) is 3.51. The van der Waals surface area contributed by atoms with E-state index in [0.29, 0.717) is 5.92 Å². The lowest BCUT2D eigenvalue weighted by Crippen LogP contribution is -2.43. The van der Waals surface area contributed by atoms with Gasteiger partial charge in [0.2, 0.25) is 0 Å². The molecule has 1 unspecified atom stereocenters. The molecule has 0 aromatic heterocycles. The summed E-state index contributed by atoms with van der Waals surface area (Å²) in [6.07, 6.45) is -0.257. The Morgan fingerprint density at radius 3 is 2.50 bits per heavy atom. The molecule has 20 heavy (non-hydrogen) atoms. The number of hydrogen-bond donors (Lipinski definition) is 1. The Bertz CT molecular complexity index is 453. The van der Waals surface area contributed by atoms with Gasteiger partial charge < -0.3 is 15.0 Å². The van der Waals surface area contributed by atoms with Gasteiger partial charge in [0.15, 0.2) is 0 Å². The molecule has 110 valence electrons. The number of benzene rings is 1. The summed E-state index contributed by atoms with van der Waals surface area (Å²) in [6.45, 7) is 7.36. The molecule has 4 nitrogen and oxygen atoms in total. The van der Waals surface area contributed by atoms with Crippen LogP contribution >= 0.6 is 0 Å². The van der Waals surface area contributed by atoms with Crippen LogP contribution < -0.4 is 5.32 Å². The molecular formula is C16H24N2O2. The van der Waals surface area contributed by atoms with E-state index in [0.717, 1.165) is 13.1 Å². The van der Waals surface area contributed by atoms with Gasteiger partial charge >= 0.3 is 6.09 Å². The van der Waals surface area contributed by atoms with Crippen molar-refractivity contribution in [2.75, 3.05) is 20.1 Å². The molecule has 1 aromatic carbocycles. The van der Waals surface area contributed by atoms with Crippen LogP contribution in [0.1, 0.15) is 32.3 Å². The van der Waals surface area contributed by atoms with Crippen LogP contribution in [-0.2, 0) is 4.74 Å². The highest BCUT2D eigenvalue weighted by Crippen LogP contribution is 2.26. The van der Waals surface area contributed by atoms with E-state index in [1.54, 1.807) is 4.90 Å². The fourth-order valence-electron chi connectivity index (χ4n) is 2.58. The lowest BCUT2D eigenvalue weighted by Gasteiger charge is -2.31. The second-order valence-electron chi connectivity index (χ2n) is 6.33. The van der Waals surface area contributed by atoms with Crippen LogP contribution in [0.15, 0.2) is 30.3 Å². The molecule has 1 N–H and O–H groups in total. The molecule has 4 heteroatoms. The molecule has 0 aliphatic carbocycles. The molecule has 0 bridgehead atoms. The maximum atomic E-state index is 12.2. The number of ether oxygens (including phenoxy) is 1. The number of carbonyl (C=O) groups excluding carboxylic acids is 1. The van der Waals surface area contributed by atoms with Crippen molar-refractivity contribution < 1.29 is 9.53 Å². The summed E-state index contributed by atoms with van der Waals surface area (Å²) in [5.74, 6) is 0.314. The Kier molecular flexibility index (Phi) is 4.33. The average molecular weight is 276 g/mol. The summed E-state index contributed by atoms with van der Waals surface area (Å²) in [5.41, 5.74) is 0.803. The number of rotatable bonds is 2. The molecule has 1 saturated heterocycles. The Labute approximate surface area is 121 Å². The van der Waals surface area contributed by atoms with Gasteiger partial charge in [-0.2, -0.15) is 0 Å². The third-order valence-corrected chi connectivity index (χ3v) is 3.59. The average Bonchev–Trinajstić information content (AvgIpc) is 2.86. The van der Waals surface area contributed by atoms with Gasteiger partial charge in [-0.15, -0.1) is 0 Å². The number of likely N-dealkylation sites (N-methyl/N-ethyl adjacent to an activating group) is 1. The van der Waals surface area contributed by atoms with Crippen LogP contribution in [0.3, 0.4) is 0 Å². The van der Waals surface area contributed by atoms with Crippen molar-refractivity contribution in [2.24, 2.45) is 0 Å². The van der Waals surface area contributed by atoms with Crippen molar-refractivity contribution in [3.8, 4) is 0 Å². The van der Waals surface area contributed by atoms with Crippen molar-refractivity contribution in [2.45, 2.75) is 38.3 Å². The van der Waals surface area contributed by atoms with Gasteiger partial charge in [-0.05, 0) is 26.3 Å². The molecule has 0 saturated carbocycles. The van der Waals surface area contributed by atoms with Gasteiger partial charge in [0.25, 0.3) is 0 Å². The highest BCUT2D eigenvalue weighted by Gasteiger charge is 2.35. The second kappa shape index (κ2) is 5.83. The van der Waals surface area contributed by atoms with E-state index in [-0.39, 0.29) is 12.1 Å². The molecule has 0 spiro atoms. The molecule has 1 aromatic rings. The first kappa shape index (κ1) is 14.9. The van der Waals surface area contributed by atoms with E-state index in [9.17, 15) is 4.79 Å². The first-order chi connectivity index (χ1) is 9.38. The molecule has 0 radical (unpaired) electrons. The fourth-order valence-corrected chi connectivity index (χ4v) is 2.58. The smallest absolute Gasteiger partial charge is 0.410 e. The van der Waals surface area contributed by atoms with Crippen molar-refractivity contribution >= 4 is 6.09 Å². The number of carbonyl (C=O) groups is 1. The van der Waals surface area contributed by atoms with Crippen LogP contribution in [0.2, 0.25) is 0 Å². The number of amides is 1. The SMILES string of the molecule is CN(C(=O)OC(C)(C)C)[C@H]1CNCC1c1ccccc1. The number of nitrogens with zero attached hydrogens (tertiary/aromatic N) is 1. The minimum Gasteiger partial charge on any atom is -0.444 e. The van der Waals surface area contributed by atoms with E-state index in [1.165, 1.54) is 5.56 Å². The van der Waals surface area contributed by atoms with Gasteiger partial charge in [0.05, 0.1) is 6.04 Å². The third-order valence-electron chi connectivity index (χ3n) is 3.59. The summed E-state index contributed by atoms with van der Waals surface area (Å²) >= 11 is 0. The number of nitrogens with one attached hydrogen (secondary N) is 1. The summed E-state index contributed by atoms with van der Waals surface area (Å²) in [7, 11) is 1.82. The Morgan fingerprint density at radius 2 is 1.90 bits per heavy atom. The Hall–Kier alpha value is -1.55. The van der Waals surface area contributed by atoms with Crippen LogP contribution in [-0.4, -0.2) is 42.8 Å². The molecule has 1 amide bonds. The Balaban J connectivity index is 2.09. The predicted molar refractivity (Wildman–Crippen MR) is 79.8 cm³/mol. The standard InChI is InChI=1S/C16H24N2O2/c1-16(2,3)20-15(19)18(4)14-11-17-10-13(14)12-8-6-5-7-9-12/h5-9,13-14,17H,10-11H2,1-4H3/t13?,14-/m0/s1. The summed E-state index contributed by atoms with van der Waals surface area (Å²) in [4.78, 5) is 13.9. The van der Waals surface area contributed by atoms with Crippen LogP contribution in [0.25, 0.3) is 0 Å². The minimum atomic E-state index is -0.459. The monoisotopic (exact) mass is 276 g/mol. The normalized spacial score (nSPS) is 22.6. The first-order valence-corrected chi connectivity index (χ1v) is 7.10. The lowest BCUT2D eigenvalue weighted by molar-refractivity contribution is 0.0224. The van der Waals surface area contributed by atoms with Gasteiger partial charge in [0.1, 0.15) is 5.60 Å².